The Morgan fingerprint density at radius 1 is 1.19 bits per heavy atom. The van der Waals surface area contributed by atoms with Gasteiger partial charge >= 0.3 is 0 Å². The first kappa shape index (κ1) is 13.8. The third kappa shape index (κ3) is 3.13. The lowest BCUT2D eigenvalue weighted by Gasteiger charge is -2.40. The summed E-state index contributed by atoms with van der Waals surface area (Å²) < 4.78 is 4.99. The van der Waals surface area contributed by atoms with E-state index in [4.69, 9.17) is 9.84 Å². The molecule has 16 heavy (non-hydrogen) atoms. The minimum Gasteiger partial charge on any atom is -0.394 e. The fraction of sp³-hybridized carbons (Fsp3) is 1.00. The molecule has 0 aliphatic carbocycles. The van der Waals surface area contributed by atoms with E-state index in [0.29, 0.717) is 6.54 Å². The van der Waals surface area contributed by atoms with Gasteiger partial charge < -0.3 is 30.5 Å². The van der Waals surface area contributed by atoms with Crippen molar-refractivity contribution in [3.05, 3.63) is 0 Å². The summed E-state index contributed by atoms with van der Waals surface area (Å²) in [5.74, 6) is 0. The molecule has 6 heteroatoms. The molecule has 0 radical (unpaired) electrons. The molecule has 0 aromatic rings. The lowest BCUT2D eigenvalue weighted by molar-refractivity contribution is -0.254. The van der Waals surface area contributed by atoms with Gasteiger partial charge in [-0.15, -0.1) is 0 Å². The molecule has 0 spiro atoms. The van der Waals surface area contributed by atoms with Crippen LogP contribution in [0.1, 0.15) is 19.8 Å². The maximum Gasteiger partial charge on any atom is 0.173 e. The van der Waals surface area contributed by atoms with Crippen LogP contribution in [0.5, 0.6) is 0 Å². The van der Waals surface area contributed by atoms with Crippen LogP contribution < -0.4 is 5.32 Å². The van der Waals surface area contributed by atoms with Gasteiger partial charge in [-0.05, 0) is 13.0 Å². The summed E-state index contributed by atoms with van der Waals surface area (Å²) in [6, 6.07) is -0.718. The molecule has 1 aliphatic heterocycles. The van der Waals surface area contributed by atoms with E-state index in [1.165, 1.54) is 0 Å². The van der Waals surface area contributed by atoms with E-state index in [9.17, 15) is 15.3 Å². The minimum absolute atomic E-state index is 0.434. The molecular formula is C10H21NO5. The quantitative estimate of drug-likeness (QED) is 0.359. The molecule has 0 bridgehead atoms. The second kappa shape index (κ2) is 6.48. The number of hydrogen-bond acceptors (Lipinski definition) is 6. The van der Waals surface area contributed by atoms with Crippen LogP contribution in [-0.4, -0.2) is 64.2 Å². The Hall–Kier alpha value is -0.240. The average molecular weight is 235 g/mol. The van der Waals surface area contributed by atoms with E-state index in [1.54, 1.807) is 0 Å². The van der Waals surface area contributed by atoms with Crippen molar-refractivity contribution in [3.63, 3.8) is 0 Å². The predicted molar refractivity (Wildman–Crippen MR) is 56.7 cm³/mol. The molecule has 0 aromatic heterocycles. The topological polar surface area (TPSA) is 102 Å². The Morgan fingerprint density at radius 2 is 1.88 bits per heavy atom. The van der Waals surface area contributed by atoms with Gasteiger partial charge in [0.05, 0.1) is 12.6 Å². The summed E-state index contributed by atoms with van der Waals surface area (Å²) in [7, 11) is 0. The Labute approximate surface area is 94.9 Å². The van der Waals surface area contributed by atoms with E-state index >= 15 is 0 Å². The van der Waals surface area contributed by atoms with Crippen LogP contribution in [0.3, 0.4) is 0 Å². The zero-order valence-electron chi connectivity index (χ0n) is 9.41. The number of rotatable bonds is 5. The second-order valence-electron chi connectivity index (χ2n) is 4.06. The fourth-order valence-electron chi connectivity index (χ4n) is 1.76. The molecule has 1 fully saturated rings. The highest BCUT2D eigenvalue weighted by Gasteiger charge is 2.43. The maximum absolute atomic E-state index is 9.75. The Balaban J connectivity index is 2.50. The maximum atomic E-state index is 9.75. The number of aliphatic hydroxyl groups is 4. The predicted octanol–water partition coefficient (Wildman–Crippen LogP) is -1.82. The Morgan fingerprint density at radius 3 is 2.44 bits per heavy atom. The first-order valence-corrected chi connectivity index (χ1v) is 5.65. The highest BCUT2D eigenvalue weighted by Crippen LogP contribution is 2.19. The van der Waals surface area contributed by atoms with Crippen molar-refractivity contribution in [2.75, 3.05) is 13.2 Å². The molecule has 0 unspecified atom stereocenters. The van der Waals surface area contributed by atoms with Crippen molar-refractivity contribution >= 4 is 0 Å². The summed E-state index contributed by atoms with van der Waals surface area (Å²) >= 11 is 0. The van der Waals surface area contributed by atoms with Crippen LogP contribution in [0.25, 0.3) is 0 Å². The van der Waals surface area contributed by atoms with E-state index in [-0.39, 0.29) is 0 Å². The molecule has 1 heterocycles. The van der Waals surface area contributed by atoms with Crippen LogP contribution in [0.4, 0.5) is 0 Å². The smallest absolute Gasteiger partial charge is 0.173 e. The highest BCUT2D eigenvalue weighted by molar-refractivity contribution is 4.92. The number of ether oxygens (including phenoxy) is 1. The van der Waals surface area contributed by atoms with Gasteiger partial charge in [0.15, 0.2) is 6.29 Å². The molecule has 6 nitrogen and oxygen atoms in total. The fourth-order valence-corrected chi connectivity index (χ4v) is 1.76. The second-order valence-corrected chi connectivity index (χ2v) is 4.06. The molecular weight excluding hydrogens is 214 g/mol. The van der Waals surface area contributed by atoms with Gasteiger partial charge in [0, 0.05) is 0 Å². The van der Waals surface area contributed by atoms with Crippen molar-refractivity contribution in [1.29, 1.82) is 0 Å². The summed E-state index contributed by atoms with van der Waals surface area (Å²) in [5.41, 5.74) is 0. The van der Waals surface area contributed by atoms with Crippen LogP contribution in [-0.2, 0) is 4.74 Å². The number of hydrogen-bond donors (Lipinski definition) is 5. The van der Waals surface area contributed by atoms with Crippen LogP contribution in [0, 0.1) is 0 Å². The first-order valence-electron chi connectivity index (χ1n) is 5.65. The first-order chi connectivity index (χ1) is 7.61. The number of nitrogens with one attached hydrogen (secondary N) is 1. The number of aliphatic hydroxyl groups excluding tert-OH is 4. The average Bonchev–Trinajstić information content (AvgIpc) is 2.28. The van der Waals surface area contributed by atoms with Crippen molar-refractivity contribution in [3.8, 4) is 0 Å². The zero-order chi connectivity index (χ0) is 12.1. The molecule has 1 rings (SSSR count). The molecule has 5 atom stereocenters. The highest BCUT2D eigenvalue weighted by atomic mass is 16.6. The standard InChI is InChI=1S/C10H21NO5/c1-2-3-4-11-7-9(14)8(13)6(5-12)16-10(7)15/h6-15H,2-5H2,1H3/t6-,7-,8-,9-,10-/m1/s1. The lowest BCUT2D eigenvalue weighted by Crippen LogP contribution is -2.63. The Bertz CT molecular complexity index is 204. The molecule has 1 saturated heterocycles. The third-order valence-electron chi connectivity index (χ3n) is 2.81. The Kier molecular flexibility index (Phi) is 5.60. The van der Waals surface area contributed by atoms with Gasteiger partial charge in [-0.1, -0.05) is 13.3 Å². The van der Waals surface area contributed by atoms with Crippen LogP contribution >= 0.6 is 0 Å². The van der Waals surface area contributed by atoms with Crippen molar-refractivity contribution < 1.29 is 25.2 Å². The summed E-state index contributed by atoms with van der Waals surface area (Å²) in [6.45, 7) is 2.23. The molecule has 96 valence electrons. The summed E-state index contributed by atoms with van der Waals surface area (Å²) in [4.78, 5) is 0. The van der Waals surface area contributed by atoms with Gasteiger partial charge in [0.2, 0.25) is 0 Å². The largest absolute Gasteiger partial charge is 0.394 e. The monoisotopic (exact) mass is 235 g/mol. The van der Waals surface area contributed by atoms with E-state index < -0.39 is 37.3 Å². The van der Waals surface area contributed by atoms with Gasteiger partial charge in [-0.3, -0.25) is 0 Å². The lowest BCUT2D eigenvalue weighted by atomic mass is 9.97. The van der Waals surface area contributed by atoms with Crippen molar-refractivity contribution in [1.82, 2.24) is 5.32 Å². The molecule has 1 aliphatic rings. The molecule has 0 amide bonds. The van der Waals surface area contributed by atoms with Crippen LogP contribution in [0.15, 0.2) is 0 Å². The third-order valence-corrected chi connectivity index (χ3v) is 2.81. The summed E-state index contributed by atoms with van der Waals surface area (Å²) in [6.07, 6.45) is -2.57. The molecule has 5 N–H and O–H groups in total. The van der Waals surface area contributed by atoms with Gasteiger partial charge in [0.1, 0.15) is 18.3 Å². The van der Waals surface area contributed by atoms with Gasteiger partial charge in [-0.25, -0.2) is 0 Å². The SMILES string of the molecule is CCCCN[C@@H]1[C@@H](O)[C@H](O)[C@@H](CO)O[C@H]1O. The molecule has 0 saturated carbocycles. The van der Waals surface area contributed by atoms with Crippen molar-refractivity contribution in [2.24, 2.45) is 0 Å². The number of unbranched alkanes of at least 4 members (excludes halogenated alkanes) is 1. The van der Waals surface area contributed by atoms with Crippen LogP contribution in [0.2, 0.25) is 0 Å². The van der Waals surface area contributed by atoms with E-state index in [0.717, 1.165) is 12.8 Å². The van der Waals surface area contributed by atoms with Gasteiger partial charge in [0.25, 0.3) is 0 Å². The van der Waals surface area contributed by atoms with E-state index in [2.05, 4.69) is 5.32 Å². The van der Waals surface area contributed by atoms with Crippen molar-refractivity contribution in [2.45, 2.75) is 50.4 Å². The summed E-state index contributed by atoms with van der Waals surface area (Å²) in [5, 5.41) is 40.7. The normalized spacial score (nSPS) is 39.9. The zero-order valence-corrected chi connectivity index (χ0v) is 9.41. The van der Waals surface area contributed by atoms with E-state index in [1.807, 2.05) is 6.92 Å². The molecule has 0 aromatic carbocycles. The van der Waals surface area contributed by atoms with Gasteiger partial charge in [-0.2, -0.15) is 0 Å². The minimum atomic E-state index is -1.22.